The number of anilines is 1. The summed E-state index contributed by atoms with van der Waals surface area (Å²) in [4.78, 5) is 24.8. The Morgan fingerprint density at radius 2 is 2.26 bits per heavy atom. The van der Waals surface area contributed by atoms with Crippen LogP contribution < -0.4 is 10.1 Å². The third-order valence-electron chi connectivity index (χ3n) is 2.80. The number of carbonyl (C=O) groups is 1. The number of rotatable bonds is 4. The number of nitrogens with zero attached hydrogens (tertiary/aromatic N) is 3. The van der Waals surface area contributed by atoms with Gasteiger partial charge in [-0.25, -0.2) is 15.0 Å². The molecule has 3 rings (SSSR count). The highest BCUT2D eigenvalue weighted by atomic mass is 32.1. The minimum absolute atomic E-state index is 0.221. The van der Waals surface area contributed by atoms with Crippen molar-refractivity contribution in [2.45, 2.75) is 18.8 Å². The molecule has 1 amide bonds. The van der Waals surface area contributed by atoms with E-state index < -0.39 is 0 Å². The Bertz CT molecular complexity index is 609. The predicted octanol–water partition coefficient (Wildman–Crippen LogP) is 2.07. The van der Waals surface area contributed by atoms with Crippen molar-refractivity contribution in [1.29, 1.82) is 0 Å². The topological polar surface area (TPSA) is 77.0 Å². The van der Waals surface area contributed by atoms with Gasteiger partial charge in [-0.15, -0.1) is 11.3 Å². The van der Waals surface area contributed by atoms with Crippen LogP contribution >= 0.6 is 11.3 Å². The number of methoxy groups -OCH3 is 1. The zero-order chi connectivity index (χ0) is 13.2. The van der Waals surface area contributed by atoms with Crippen LogP contribution in [0.3, 0.4) is 0 Å². The molecule has 98 valence electrons. The highest BCUT2D eigenvalue weighted by Crippen LogP contribution is 2.41. The van der Waals surface area contributed by atoms with Gasteiger partial charge in [-0.2, -0.15) is 0 Å². The minimum Gasteiger partial charge on any atom is -0.491 e. The number of thiazole rings is 1. The Labute approximate surface area is 113 Å². The van der Waals surface area contributed by atoms with Gasteiger partial charge in [-0.1, -0.05) is 0 Å². The van der Waals surface area contributed by atoms with Crippen LogP contribution in [0.5, 0.6) is 5.75 Å². The van der Waals surface area contributed by atoms with Crippen molar-refractivity contribution in [1.82, 2.24) is 15.0 Å². The van der Waals surface area contributed by atoms with Crippen LogP contribution in [0.15, 0.2) is 18.7 Å². The van der Waals surface area contributed by atoms with Crippen LogP contribution in [-0.2, 0) is 0 Å². The van der Waals surface area contributed by atoms with Crippen LogP contribution in [0.4, 0.5) is 5.82 Å². The molecular weight excluding hydrogens is 264 g/mol. The molecule has 0 saturated heterocycles. The second-order valence-corrected chi connectivity index (χ2v) is 5.29. The van der Waals surface area contributed by atoms with Gasteiger partial charge in [-0.05, 0) is 12.8 Å². The molecule has 0 atom stereocenters. The zero-order valence-corrected chi connectivity index (χ0v) is 11.1. The number of nitrogens with one attached hydrogen (secondary N) is 1. The molecule has 0 bridgehead atoms. The number of aromatic nitrogens is 3. The van der Waals surface area contributed by atoms with Crippen molar-refractivity contribution < 1.29 is 9.53 Å². The molecule has 2 aromatic rings. The summed E-state index contributed by atoms with van der Waals surface area (Å²) in [5, 5.41) is 3.75. The van der Waals surface area contributed by atoms with Crippen molar-refractivity contribution in [2.75, 3.05) is 12.4 Å². The maximum absolute atomic E-state index is 12.1. The van der Waals surface area contributed by atoms with Gasteiger partial charge < -0.3 is 10.1 Å². The van der Waals surface area contributed by atoms with E-state index in [0.29, 0.717) is 22.4 Å². The van der Waals surface area contributed by atoms with Gasteiger partial charge in [0.15, 0.2) is 11.6 Å². The van der Waals surface area contributed by atoms with E-state index in [2.05, 4.69) is 20.3 Å². The van der Waals surface area contributed by atoms with E-state index in [9.17, 15) is 4.79 Å². The quantitative estimate of drug-likeness (QED) is 0.925. The standard InChI is InChI=1S/C12H12N4O2S/c1-18-8-4-13-6-15-10(8)16-11(17)9-5-14-12(19-9)7-2-3-7/h4-7H,2-3H2,1H3,(H,13,15,16,17). The number of hydrogen-bond acceptors (Lipinski definition) is 6. The fourth-order valence-electron chi connectivity index (χ4n) is 1.64. The lowest BCUT2D eigenvalue weighted by atomic mass is 10.4. The van der Waals surface area contributed by atoms with E-state index in [-0.39, 0.29) is 5.91 Å². The number of amides is 1. The molecular formula is C12H12N4O2S. The van der Waals surface area contributed by atoms with Crippen LogP contribution in [0.2, 0.25) is 0 Å². The summed E-state index contributed by atoms with van der Waals surface area (Å²) >= 11 is 1.44. The van der Waals surface area contributed by atoms with Gasteiger partial charge in [0.25, 0.3) is 5.91 Å². The van der Waals surface area contributed by atoms with E-state index in [0.717, 1.165) is 5.01 Å². The fraction of sp³-hybridized carbons (Fsp3) is 0.333. The third-order valence-corrected chi connectivity index (χ3v) is 3.96. The van der Waals surface area contributed by atoms with Gasteiger partial charge in [-0.3, -0.25) is 4.79 Å². The van der Waals surface area contributed by atoms with Crippen LogP contribution in [-0.4, -0.2) is 28.0 Å². The maximum Gasteiger partial charge on any atom is 0.268 e. The highest BCUT2D eigenvalue weighted by Gasteiger charge is 2.27. The summed E-state index contributed by atoms with van der Waals surface area (Å²) in [5.74, 6) is 1.13. The van der Waals surface area contributed by atoms with Crippen LogP contribution in [0, 0.1) is 0 Å². The molecule has 0 spiro atoms. The molecule has 0 aromatic carbocycles. The van der Waals surface area contributed by atoms with Gasteiger partial charge in [0.1, 0.15) is 11.2 Å². The first kappa shape index (κ1) is 12.0. The first-order valence-corrected chi connectivity index (χ1v) is 6.70. The lowest BCUT2D eigenvalue weighted by Crippen LogP contribution is -2.12. The summed E-state index contributed by atoms with van der Waals surface area (Å²) in [6, 6.07) is 0. The van der Waals surface area contributed by atoms with Gasteiger partial charge >= 0.3 is 0 Å². The van der Waals surface area contributed by atoms with Gasteiger partial charge in [0.2, 0.25) is 0 Å². The normalized spacial score (nSPS) is 14.2. The average molecular weight is 276 g/mol. The molecule has 2 heterocycles. The summed E-state index contributed by atoms with van der Waals surface area (Å²) < 4.78 is 5.08. The van der Waals surface area contributed by atoms with Crippen molar-refractivity contribution >= 4 is 23.1 Å². The Morgan fingerprint density at radius 3 is 3.00 bits per heavy atom. The highest BCUT2D eigenvalue weighted by molar-refractivity contribution is 7.13. The molecule has 1 aliphatic rings. The summed E-state index contributed by atoms with van der Waals surface area (Å²) in [7, 11) is 1.51. The first-order chi connectivity index (χ1) is 9.28. The molecule has 1 aliphatic carbocycles. The molecule has 2 aromatic heterocycles. The average Bonchev–Trinajstić information content (AvgIpc) is 3.17. The van der Waals surface area contributed by atoms with Crippen LogP contribution in [0.25, 0.3) is 0 Å². The van der Waals surface area contributed by atoms with E-state index >= 15 is 0 Å². The molecule has 7 heteroatoms. The smallest absolute Gasteiger partial charge is 0.268 e. The Morgan fingerprint density at radius 1 is 1.42 bits per heavy atom. The van der Waals surface area contributed by atoms with Crippen molar-refractivity contribution in [3.8, 4) is 5.75 Å². The molecule has 1 fully saturated rings. The second kappa shape index (κ2) is 4.93. The first-order valence-electron chi connectivity index (χ1n) is 5.89. The lowest BCUT2D eigenvalue weighted by Gasteiger charge is -2.06. The molecule has 1 saturated carbocycles. The molecule has 0 aliphatic heterocycles. The largest absolute Gasteiger partial charge is 0.491 e. The summed E-state index contributed by atoms with van der Waals surface area (Å²) in [5.41, 5.74) is 0. The SMILES string of the molecule is COc1cncnc1NC(=O)c1cnc(C2CC2)s1. The summed E-state index contributed by atoms with van der Waals surface area (Å²) in [6.07, 6.45) is 6.83. The number of hydrogen-bond donors (Lipinski definition) is 1. The predicted molar refractivity (Wildman–Crippen MR) is 70.6 cm³/mol. The molecule has 19 heavy (non-hydrogen) atoms. The summed E-state index contributed by atoms with van der Waals surface area (Å²) in [6.45, 7) is 0. The molecule has 6 nitrogen and oxygen atoms in total. The van der Waals surface area contributed by atoms with Crippen molar-refractivity contribution in [3.63, 3.8) is 0 Å². The monoisotopic (exact) mass is 276 g/mol. The van der Waals surface area contributed by atoms with Crippen molar-refractivity contribution in [2.24, 2.45) is 0 Å². The van der Waals surface area contributed by atoms with E-state index in [1.54, 1.807) is 6.20 Å². The maximum atomic E-state index is 12.1. The number of ether oxygens (including phenoxy) is 1. The Balaban J connectivity index is 1.76. The van der Waals surface area contributed by atoms with E-state index in [4.69, 9.17) is 4.74 Å². The molecule has 0 unspecified atom stereocenters. The van der Waals surface area contributed by atoms with Crippen molar-refractivity contribution in [3.05, 3.63) is 28.6 Å². The zero-order valence-electron chi connectivity index (χ0n) is 10.3. The van der Waals surface area contributed by atoms with Gasteiger partial charge in [0.05, 0.1) is 24.5 Å². The molecule has 0 radical (unpaired) electrons. The third kappa shape index (κ3) is 2.55. The van der Waals surface area contributed by atoms with Crippen LogP contribution in [0.1, 0.15) is 33.4 Å². The Kier molecular flexibility index (Phi) is 3.12. The Hall–Kier alpha value is -2.02. The molecule has 1 N–H and O–H groups in total. The van der Waals surface area contributed by atoms with Gasteiger partial charge in [0, 0.05) is 5.92 Å². The number of carbonyl (C=O) groups excluding carboxylic acids is 1. The van der Waals surface area contributed by atoms with E-state index in [1.807, 2.05) is 0 Å². The fourth-order valence-corrected chi connectivity index (χ4v) is 2.62. The van der Waals surface area contributed by atoms with E-state index in [1.165, 1.54) is 43.8 Å². The lowest BCUT2D eigenvalue weighted by molar-refractivity contribution is 0.102. The second-order valence-electron chi connectivity index (χ2n) is 4.23. The minimum atomic E-state index is -0.221.